The summed E-state index contributed by atoms with van der Waals surface area (Å²) in [7, 11) is 0. The lowest BCUT2D eigenvalue weighted by Gasteiger charge is -2.06. The molecule has 0 aliphatic heterocycles. The summed E-state index contributed by atoms with van der Waals surface area (Å²) in [6, 6.07) is 5.72. The van der Waals surface area contributed by atoms with Gasteiger partial charge in [0.25, 0.3) is 0 Å². The molecular formula is C12H13N3OS. The first-order chi connectivity index (χ1) is 8.22. The maximum absolute atomic E-state index is 9.36. The first kappa shape index (κ1) is 11.9. The number of thioether (sulfide) groups is 1. The van der Waals surface area contributed by atoms with Crippen molar-refractivity contribution >= 4 is 11.8 Å². The zero-order valence-electron chi connectivity index (χ0n) is 9.71. The molecule has 0 saturated heterocycles. The van der Waals surface area contributed by atoms with Crippen molar-refractivity contribution in [1.82, 2.24) is 15.2 Å². The Morgan fingerprint density at radius 2 is 2.18 bits per heavy atom. The number of hydrogen-bond donors (Lipinski definition) is 1. The molecule has 2 heterocycles. The van der Waals surface area contributed by atoms with Crippen LogP contribution in [0.15, 0.2) is 29.3 Å². The molecule has 88 valence electrons. The van der Waals surface area contributed by atoms with Crippen molar-refractivity contribution in [2.75, 3.05) is 5.75 Å². The molecule has 0 atom stereocenters. The van der Waals surface area contributed by atoms with Crippen molar-refractivity contribution in [2.45, 2.75) is 18.7 Å². The molecule has 2 aromatic heterocycles. The molecule has 5 heteroatoms. The molecule has 0 radical (unpaired) electrons. The Labute approximate surface area is 104 Å². The highest BCUT2D eigenvalue weighted by Gasteiger charge is 2.10. The third-order valence-corrected chi connectivity index (χ3v) is 3.20. The number of aryl methyl sites for hydroxylation is 1. The summed E-state index contributed by atoms with van der Waals surface area (Å²) in [5.74, 6) is 0.942. The van der Waals surface area contributed by atoms with Crippen LogP contribution in [0.5, 0.6) is 5.88 Å². The monoisotopic (exact) mass is 247 g/mol. The van der Waals surface area contributed by atoms with Gasteiger partial charge >= 0.3 is 0 Å². The van der Waals surface area contributed by atoms with Gasteiger partial charge in [-0.2, -0.15) is 0 Å². The summed E-state index contributed by atoms with van der Waals surface area (Å²) < 4.78 is 0. The minimum atomic E-state index is -0.0330. The zero-order chi connectivity index (χ0) is 12.3. The van der Waals surface area contributed by atoms with Gasteiger partial charge in [-0.15, -0.1) is 22.0 Å². The summed E-state index contributed by atoms with van der Waals surface area (Å²) in [6.45, 7) is 3.89. The molecule has 0 aliphatic rings. The van der Waals surface area contributed by atoms with E-state index in [1.807, 2.05) is 12.1 Å². The molecule has 0 fully saturated rings. The van der Waals surface area contributed by atoms with E-state index in [1.54, 1.807) is 30.9 Å². The van der Waals surface area contributed by atoms with E-state index in [9.17, 15) is 5.11 Å². The average Bonchev–Trinajstić information content (AvgIpc) is 2.34. The Kier molecular flexibility index (Phi) is 3.58. The van der Waals surface area contributed by atoms with Gasteiger partial charge in [0, 0.05) is 16.7 Å². The molecule has 0 spiro atoms. The van der Waals surface area contributed by atoms with E-state index in [4.69, 9.17) is 0 Å². The second kappa shape index (κ2) is 5.14. The molecule has 17 heavy (non-hydrogen) atoms. The van der Waals surface area contributed by atoms with Crippen LogP contribution >= 0.6 is 11.8 Å². The van der Waals surface area contributed by atoms with Crippen molar-refractivity contribution in [3.8, 4) is 17.3 Å². The van der Waals surface area contributed by atoms with Crippen LogP contribution in [0.3, 0.4) is 0 Å². The number of aromatic hydroxyl groups is 1. The van der Waals surface area contributed by atoms with Crippen LogP contribution in [0, 0.1) is 6.92 Å². The molecule has 2 rings (SSSR count). The van der Waals surface area contributed by atoms with Gasteiger partial charge in [-0.3, -0.25) is 4.98 Å². The van der Waals surface area contributed by atoms with E-state index < -0.39 is 0 Å². The van der Waals surface area contributed by atoms with E-state index in [1.165, 1.54) is 0 Å². The Hall–Kier alpha value is -1.62. The normalized spacial score (nSPS) is 10.5. The summed E-state index contributed by atoms with van der Waals surface area (Å²) in [6.07, 6.45) is 1.74. The van der Waals surface area contributed by atoms with E-state index in [0.29, 0.717) is 11.3 Å². The lowest BCUT2D eigenvalue weighted by atomic mass is 10.2. The van der Waals surface area contributed by atoms with E-state index in [2.05, 4.69) is 22.1 Å². The van der Waals surface area contributed by atoms with E-state index >= 15 is 0 Å². The molecular weight excluding hydrogens is 234 g/mol. The van der Waals surface area contributed by atoms with Gasteiger partial charge in [0.15, 0.2) is 0 Å². The van der Waals surface area contributed by atoms with Crippen LogP contribution < -0.4 is 0 Å². The Morgan fingerprint density at radius 3 is 2.88 bits per heavy atom. The SMILES string of the molecule is CCSc1cccnc1-c1cc(C)c(O)nn1. The molecule has 0 saturated carbocycles. The quantitative estimate of drug-likeness (QED) is 0.845. The Bertz CT molecular complexity index is 531. The van der Waals surface area contributed by atoms with Gasteiger partial charge in [0.2, 0.25) is 5.88 Å². The van der Waals surface area contributed by atoms with Crippen LogP contribution in [0.1, 0.15) is 12.5 Å². The smallest absolute Gasteiger partial charge is 0.233 e. The largest absolute Gasteiger partial charge is 0.492 e. The fourth-order valence-electron chi connectivity index (χ4n) is 1.45. The third kappa shape index (κ3) is 2.55. The highest BCUT2D eigenvalue weighted by molar-refractivity contribution is 7.99. The maximum atomic E-state index is 9.36. The second-order valence-electron chi connectivity index (χ2n) is 3.52. The molecule has 0 bridgehead atoms. The van der Waals surface area contributed by atoms with E-state index in [-0.39, 0.29) is 5.88 Å². The Morgan fingerprint density at radius 1 is 1.35 bits per heavy atom. The van der Waals surface area contributed by atoms with Gasteiger partial charge < -0.3 is 5.11 Å². The first-order valence-corrected chi connectivity index (χ1v) is 6.32. The third-order valence-electron chi connectivity index (χ3n) is 2.27. The fourth-order valence-corrected chi connectivity index (χ4v) is 2.23. The average molecular weight is 247 g/mol. The fraction of sp³-hybridized carbons (Fsp3) is 0.250. The second-order valence-corrected chi connectivity index (χ2v) is 4.83. The number of hydrogen-bond acceptors (Lipinski definition) is 5. The molecule has 0 amide bonds. The highest BCUT2D eigenvalue weighted by atomic mass is 32.2. The van der Waals surface area contributed by atoms with Crippen molar-refractivity contribution in [2.24, 2.45) is 0 Å². The summed E-state index contributed by atoms with van der Waals surface area (Å²) in [4.78, 5) is 5.41. The lowest BCUT2D eigenvalue weighted by molar-refractivity contribution is 0.441. The van der Waals surface area contributed by atoms with Gasteiger partial charge in [-0.1, -0.05) is 6.92 Å². The summed E-state index contributed by atoms with van der Waals surface area (Å²) in [5, 5.41) is 17.1. The minimum absolute atomic E-state index is 0.0330. The molecule has 4 nitrogen and oxygen atoms in total. The van der Waals surface area contributed by atoms with Gasteiger partial charge in [0.1, 0.15) is 11.4 Å². The van der Waals surface area contributed by atoms with Crippen molar-refractivity contribution in [1.29, 1.82) is 0 Å². The predicted octanol–water partition coefficient (Wildman–Crippen LogP) is 2.66. The van der Waals surface area contributed by atoms with Crippen molar-refractivity contribution in [3.05, 3.63) is 30.0 Å². The summed E-state index contributed by atoms with van der Waals surface area (Å²) >= 11 is 1.71. The standard InChI is InChI=1S/C12H13N3OS/c1-3-17-10-5-4-6-13-11(10)9-7-8(2)12(16)15-14-9/h4-7H,3H2,1-2H3,(H,15,16). The van der Waals surface area contributed by atoms with Crippen LogP contribution in [0.2, 0.25) is 0 Å². The lowest BCUT2D eigenvalue weighted by Crippen LogP contribution is -1.94. The van der Waals surface area contributed by atoms with Gasteiger partial charge in [-0.25, -0.2) is 0 Å². The topological polar surface area (TPSA) is 58.9 Å². The number of nitrogens with zero attached hydrogens (tertiary/aromatic N) is 3. The van der Waals surface area contributed by atoms with Crippen molar-refractivity contribution in [3.63, 3.8) is 0 Å². The highest BCUT2D eigenvalue weighted by Crippen LogP contribution is 2.28. The van der Waals surface area contributed by atoms with E-state index in [0.717, 1.165) is 16.3 Å². The number of rotatable bonds is 3. The minimum Gasteiger partial charge on any atom is -0.492 e. The molecule has 0 aliphatic carbocycles. The zero-order valence-corrected chi connectivity index (χ0v) is 10.5. The molecule has 1 N–H and O–H groups in total. The maximum Gasteiger partial charge on any atom is 0.233 e. The van der Waals surface area contributed by atoms with Gasteiger partial charge in [-0.05, 0) is 30.9 Å². The van der Waals surface area contributed by atoms with Crippen LogP contribution in [-0.2, 0) is 0 Å². The van der Waals surface area contributed by atoms with Gasteiger partial charge in [0.05, 0.1) is 0 Å². The van der Waals surface area contributed by atoms with Crippen molar-refractivity contribution < 1.29 is 5.11 Å². The first-order valence-electron chi connectivity index (χ1n) is 5.34. The van der Waals surface area contributed by atoms with Crippen LogP contribution in [0.4, 0.5) is 0 Å². The molecule has 2 aromatic rings. The molecule has 0 unspecified atom stereocenters. The van der Waals surface area contributed by atoms with Crippen LogP contribution in [-0.4, -0.2) is 26.0 Å². The predicted molar refractivity (Wildman–Crippen MR) is 68.1 cm³/mol. The molecule has 0 aromatic carbocycles. The number of pyridine rings is 1. The van der Waals surface area contributed by atoms with Crippen LogP contribution in [0.25, 0.3) is 11.4 Å². The summed E-state index contributed by atoms with van der Waals surface area (Å²) in [5.41, 5.74) is 2.21. The number of aromatic nitrogens is 3. The Balaban J connectivity index is 2.48.